The quantitative estimate of drug-likeness (QED) is 0.649. The molecule has 0 spiro atoms. The van der Waals surface area contributed by atoms with Crippen LogP contribution in [0, 0.1) is 5.92 Å². The first-order valence-corrected chi connectivity index (χ1v) is 12.0. The second-order valence-electron chi connectivity index (χ2n) is 9.78. The summed E-state index contributed by atoms with van der Waals surface area (Å²) in [6, 6.07) is 8.62. The van der Waals surface area contributed by atoms with Gasteiger partial charge in [-0.25, -0.2) is 14.0 Å². The standard InChI is InChI=1S/C24H32FN3O5/c1-2-10-32-22(29)26-19-8-9-27(15-6-4-3-5-7-15)21(25)20(19)24-13-16-11-18(33-24)12-17(14-24)28(16)23(30)31/h3-7,16-21H,2,8-14H2,1H3,(H,26,29)(H,30,31). The number of carbonyl (C=O) groups is 2. The van der Waals surface area contributed by atoms with Gasteiger partial charge < -0.3 is 29.7 Å². The van der Waals surface area contributed by atoms with Gasteiger partial charge >= 0.3 is 12.2 Å². The van der Waals surface area contributed by atoms with E-state index in [1.165, 1.54) is 0 Å². The maximum Gasteiger partial charge on any atom is 0.407 e. The summed E-state index contributed by atoms with van der Waals surface area (Å²) in [6.45, 7) is 2.68. The number of piperidine rings is 3. The first-order chi connectivity index (χ1) is 15.9. The van der Waals surface area contributed by atoms with Crippen molar-refractivity contribution in [3.8, 4) is 0 Å². The number of carboxylic acid groups (broad SMARTS) is 1. The maximum absolute atomic E-state index is 16.4. The average Bonchev–Trinajstić information content (AvgIpc) is 2.77. The normalized spacial score (nSPS) is 37.2. The molecule has 9 heteroatoms. The number of para-hydroxylation sites is 1. The van der Waals surface area contributed by atoms with Crippen LogP contribution in [-0.4, -0.2) is 71.5 Å². The fourth-order valence-electron chi connectivity index (χ4n) is 6.68. The van der Waals surface area contributed by atoms with E-state index >= 15 is 4.39 Å². The van der Waals surface area contributed by atoms with E-state index in [9.17, 15) is 14.7 Å². The van der Waals surface area contributed by atoms with E-state index in [-0.39, 0.29) is 18.2 Å². The number of hydrogen-bond acceptors (Lipinski definition) is 5. The van der Waals surface area contributed by atoms with Gasteiger partial charge in [0.1, 0.15) is 0 Å². The van der Waals surface area contributed by atoms with Gasteiger partial charge in [0.05, 0.1) is 24.2 Å². The fourth-order valence-corrected chi connectivity index (χ4v) is 6.68. The SMILES string of the molecule is CCCOC(=O)NC1CCN(c2ccccc2)C(F)C1C12CC3CC(CC(C1)N3C(=O)O)O2. The number of ether oxygens (including phenoxy) is 2. The third-order valence-electron chi connectivity index (χ3n) is 7.79. The van der Waals surface area contributed by atoms with Crippen LogP contribution in [0.3, 0.4) is 0 Å². The van der Waals surface area contributed by atoms with Crippen LogP contribution >= 0.6 is 0 Å². The van der Waals surface area contributed by atoms with Gasteiger partial charge in [0.15, 0.2) is 6.30 Å². The van der Waals surface area contributed by atoms with E-state index < -0.39 is 36.0 Å². The largest absolute Gasteiger partial charge is 0.465 e. The number of benzene rings is 1. The van der Waals surface area contributed by atoms with Crippen LogP contribution in [0.2, 0.25) is 0 Å². The molecule has 33 heavy (non-hydrogen) atoms. The highest BCUT2D eigenvalue weighted by Gasteiger charge is 2.63. The van der Waals surface area contributed by atoms with Gasteiger partial charge in [0, 0.05) is 30.4 Å². The summed E-state index contributed by atoms with van der Waals surface area (Å²) in [7, 11) is 0. The molecule has 4 bridgehead atoms. The van der Waals surface area contributed by atoms with Crippen LogP contribution in [0.1, 0.15) is 45.4 Å². The summed E-state index contributed by atoms with van der Waals surface area (Å²) in [5.41, 5.74) is -0.0308. The molecular formula is C24H32FN3O5. The molecule has 2 N–H and O–H groups in total. The number of carbonyl (C=O) groups excluding carboxylic acids is 1. The second kappa shape index (κ2) is 8.66. The minimum Gasteiger partial charge on any atom is -0.465 e. The molecule has 2 amide bonds. The first-order valence-electron chi connectivity index (χ1n) is 12.0. The Kier molecular flexibility index (Phi) is 5.84. The Morgan fingerprint density at radius 1 is 1.24 bits per heavy atom. The molecule has 5 atom stereocenters. The number of nitrogens with one attached hydrogen (secondary N) is 1. The monoisotopic (exact) mass is 461 g/mol. The van der Waals surface area contributed by atoms with Crippen molar-refractivity contribution in [2.45, 2.75) is 81.6 Å². The van der Waals surface area contributed by atoms with Gasteiger partial charge in [0.2, 0.25) is 0 Å². The molecular weight excluding hydrogens is 429 g/mol. The molecule has 8 nitrogen and oxygen atoms in total. The summed E-state index contributed by atoms with van der Waals surface area (Å²) in [4.78, 5) is 27.7. The Labute approximate surface area is 193 Å². The minimum absolute atomic E-state index is 0.0786. The lowest BCUT2D eigenvalue weighted by Crippen LogP contribution is -2.74. The van der Waals surface area contributed by atoms with Gasteiger partial charge in [-0.3, -0.25) is 0 Å². The predicted octanol–water partition coefficient (Wildman–Crippen LogP) is 3.76. The van der Waals surface area contributed by atoms with Crippen LogP contribution in [0.15, 0.2) is 30.3 Å². The van der Waals surface area contributed by atoms with Crippen LogP contribution in [0.5, 0.6) is 0 Å². The van der Waals surface area contributed by atoms with E-state index in [0.29, 0.717) is 51.7 Å². The average molecular weight is 462 g/mol. The van der Waals surface area contributed by atoms with Gasteiger partial charge in [-0.15, -0.1) is 0 Å². The lowest BCUT2D eigenvalue weighted by Gasteiger charge is -2.64. The molecule has 1 aromatic rings. The van der Waals surface area contributed by atoms with Gasteiger partial charge in [-0.05, 0) is 50.7 Å². The van der Waals surface area contributed by atoms with E-state index in [0.717, 1.165) is 5.69 Å². The molecule has 5 aliphatic heterocycles. The second-order valence-corrected chi connectivity index (χ2v) is 9.78. The minimum atomic E-state index is -1.38. The van der Waals surface area contributed by atoms with Crippen molar-refractivity contribution in [3.05, 3.63) is 30.3 Å². The van der Waals surface area contributed by atoms with Crippen molar-refractivity contribution < 1.29 is 28.6 Å². The molecule has 0 saturated carbocycles. The lowest BCUT2D eigenvalue weighted by molar-refractivity contribution is -0.263. The highest BCUT2D eigenvalue weighted by Crippen LogP contribution is 2.54. The van der Waals surface area contributed by atoms with Crippen molar-refractivity contribution in [1.29, 1.82) is 0 Å². The Morgan fingerprint density at radius 2 is 1.94 bits per heavy atom. The zero-order chi connectivity index (χ0) is 23.2. The topological polar surface area (TPSA) is 91.3 Å². The highest BCUT2D eigenvalue weighted by molar-refractivity contribution is 5.68. The fraction of sp³-hybridized carbons (Fsp3) is 0.667. The molecule has 5 heterocycles. The summed E-state index contributed by atoms with van der Waals surface area (Å²) < 4.78 is 28.2. The van der Waals surface area contributed by atoms with E-state index in [1.807, 2.05) is 37.3 Å². The number of halogens is 1. The molecule has 5 unspecified atom stereocenters. The lowest BCUT2D eigenvalue weighted by atomic mass is 9.63. The van der Waals surface area contributed by atoms with Gasteiger partial charge in [-0.2, -0.15) is 0 Å². The summed E-state index contributed by atoms with van der Waals surface area (Å²) >= 11 is 0. The molecule has 5 fully saturated rings. The molecule has 0 radical (unpaired) electrons. The Balaban J connectivity index is 1.46. The number of rotatable bonds is 5. The van der Waals surface area contributed by atoms with Gasteiger partial charge in [-0.1, -0.05) is 25.1 Å². The Bertz CT molecular complexity index is 870. The summed E-state index contributed by atoms with van der Waals surface area (Å²) in [5.74, 6) is -0.635. The van der Waals surface area contributed by atoms with E-state index in [2.05, 4.69) is 5.32 Å². The zero-order valence-corrected chi connectivity index (χ0v) is 18.9. The maximum atomic E-state index is 16.4. The highest BCUT2D eigenvalue weighted by atomic mass is 19.1. The molecule has 0 aliphatic carbocycles. The molecule has 0 aromatic heterocycles. The molecule has 5 saturated heterocycles. The van der Waals surface area contributed by atoms with Crippen LogP contribution in [0.4, 0.5) is 19.7 Å². The molecule has 6 rings (SSSR count). The third-order valence-corrected chi connectivity index (χ3v) is 7.79. The number of hydrogen-bond donors (Lipinski definition) is 2. The number of nitrogens with zero attached hydrogens (tertiary/aromatic N) is 2. The third kappa shape index (κ3) is 3.90. The number of amides is 2. The summed E-state index contributed by atoms with van der Waals surface area (Å²) in [6.07, 6.45) is 0.530. The smallest absolute Gasteiger partial charge is 0.407 e. The summed E-state index contributed by atoms with van der Waals surface area (Å²) in [5, 5.41) is 12.7. The van der Waals surface area contributed by atoms with Crippen molar-refractivity contribution in [1.82, 2.24) is 10.2 Å². The Morgan fingerprint density at radius 3 is 2.58 bits per heavy atom. The van der Waals surface area contributed by atoms with E-state index in [1.54, 1.807) is 9.80 Å². The van der Waals surface area contributed by atoms with Gasteiger partial charge in [0.25, 0.3) is 0 Å². The van der Waals surface area contributed by atoms with Crippen molar-refractivity contribution in [2.24, 2.45) is 5.92 Å². The van der Waals surface area contributed by atoms with Crippen LogP contribution in [-0.2, 0) is 9.47 Å². The van der Waals surface area contributed by atoms with Crippen molar-refractivity contribution in [3.63, 3.8) is 0 Å². The first kappa shape index (κ1) is 22.3. The molecule has 1 aromatic carbocycles. The van der Waals surface area contributed by atoms with Crippen molar-refractivity contribution in [2.75, 3.05) is 18.1 Å². The molecule has 5 aliphatic rings. The number of anilines is 1. The van der Waals surface area contributed by atoms with E-state index in [4.69, 9.17) is 9.47 Å². The van der Waals surface area contributed by atoms with Crippen molar-refractivity contribution >= 4 is 17.9 Å². The molecule has 180 valence electrons. The number of alkyl carbamates (subject to hydrolysis) is 1. The van der Waals surface area contributed by atoms with Crippen LogP contribution < -0.4 is 10.2 Å². The van der Waals surface area contributed by atoms with Crippen LogP contribution in [0.25, 0.3) is 0 Å². The predicted molar refractivity (Wildman–Crippen MR) is 119 cm³/mol. The zero-order valence-electron chi connectivity index (χ0n) is 18.9. The Hall–Kier alpha value is -2.55. The number of alkyl halides is 1.